The van der Waals surface area contributed by atoms with Gasteiger partial charge in [0.05, 0.1) is 12.7 Å². The molecule has 0 fully saturated rings. The van der Waals surface area contributed by atoms with Crippen molar-refractivity contribution >= 4 is 21.9 Å². The number of alkyl halides is 1. The first-order valence-electron chi connectivity index (χ1n) is 4.49. The Hall–Kier alpha value is -0.830. The molecule has 1 aromatic carbocycles. The average molecular weight is 257 g/mol. The smallest absolute Gasteiger partial charge is 0.338 e. The summed E-state index contributed by atoms with van der Waals surface area (Å²) >= 11 is 3.38. The number of carbonyl (C=O) groups is 1. The van der Waals surface area contributed by atoms with E-state index in [1.54, 1.807) is 0 Å². The summed E-state index contributed by atoms with van der Waals surface area (Å²) in [6, 6.07) is 5.78. The molecule has 0 aliphatic rings. The summed E-state index contributed by atoms with van der Waals surface area (Å²) in [5, 5.41) is 0.807. The van der Waals surface area contributed by atoms with Gasteiger partial charge in [0.2, 0.25) is 0 Å². The van der Waals surface area contributed by atoms with Gasteiger partial charge < -0.3 is 4.74 Å². The lowest BCUT2D eigenvalue weighted by molar-refractivity contribution is 0.0599. The van der Waals surface area contributed by atoms with Gasteiger partial charge in [-0.1, -0.05) is 35.0 Å². The number of aryl methyl sites for hydroxylation is 1. The van der Waals surface area contributed by atoms with E-state index in [-0.39, 0.29) is 5.97 Å². The second-order valence-electron chi connectivity index (χ2n) is 2.97. The first kappa shape index (κ1) is 11.2. The molecule has 76 valence electrons. The summed E-state index contributed by atoms with van der Waals surface area (Å²) in [6.07, 6.45) is 0.839. The van der Waals surface area contributed by atoms with Crippen molar-refractivity contribution in [2.24, 2.45) is 0 Å². The quantitative estimate of drug-likeness (QED) is 0.614. The van der Waals surface area contributed by atoms with Crippen molar-refractivity contribution in [3.63, 3.8) is 0 Å². The number of carbonyl (C=O) groups excluding carboxylic acids is 1. The van der Waals surface area contributed by atoms with Crippen LogP contribution in [0.4, 0.5) is 0 Å². The lowest BCUT2D eigenvalue weighted by Gasteiger charge is -2.07. The predicted molar refractivity (Wildman–Crippen MR) is 59.8 cm³/mol. The molecule has 0 radical (unpaired) electrons. The van der Waals surface area contributed by atoms with E-state index >= 15 is 0 Å². The third-order valence-electron chi connectivity index (χ3n) is 2.11. The van der Waals surface area contributed by atoms with Crippen LogP contribution in [0.1, 0.15) is 28.4 Å². The molecule has 0 saturated carbocycles. The largest absolute Gasteiger partial charge is 0.465 e. The van der Waals surface area contributed by atoms with Gasteiger partial charge >= 0.3 is 5.97 Å². The van der Waals surface area contributed by atoms with Gasteiger partial charge in [-0.05, 0) is 23.6 Å². The maximum absolute atomic E-state index is 11.4. The Morgan fingerprint density at radius 3 is 2.71 bits per heavy atom. The van der Waals surface area contributed by atoms with Crippen LogP contribution in [0.25, 0.3) is 0 Å². The van der Waals surface area contributed by atoms with Gasteiger partial charge in [0.1, 0.15) is 0 Å². The summed E-state index contributed by atoms with van der Waals surface area (Å²) in [7, 11) is 1.40. The number of rotatable bonds is 3. The highest BCUT2D eigenvalue weighted by molar-refractivity contribution is 9.08. The number of hydrogen-bond donors (Lipinski definition) is 0. The third kappa shape index (κ3) is 2.35. The third-order valence-corrected chi connectivity index (χ3v) is 2.76. The molecule has 0 bridgehead atoms. The van der Waals surface area contributed by atoms with Gasteiger partial charge in [0.25, 0.3) is 0 Å². The maximum atomic E-state index is 11.4. The molecule has 0 aliphatic carbocycles. The van der Waals surface area contributed by atoms with Crippen LogP contribution in [-0.4, -0.2) is 13.1 Å². The van der Waals surface area contributed by atoms with Gasteiger partial charge in [-0.3, -0.25) is 0 Å². The fraction of sp³-hybridized carbons (Fsp3) is 0.364. The second kappa shape index (κ2) is 5.15. The number of methoxy groups -OCH3 is 1. The zero-order valence-electron chi connectivity index (χ0n) is 8.34. The Kier molecular flexibility index (Phi) is 4.14. The van der Waals surface area contributed by atoms with E-state index in [2.05, 4.69) is 15.9 Å². The van der Waals surface area contributed by atoms with E-state index in [0.717, 1.165) is 17.3 Å². The maximum Gasteiger partial charge on any atom is 0.338 e. The van der Waals surface area contributed by atoms with Crippen molar-refractivity contribution in [2.75, 3.05) is 7.11 Å². The Bertz CT molecular complexity index is 334. The summed E-state index contributed by atoms with van der Waals surface area (Å²) in [6.45, 7) is 2.03. The van der Waals surface area contributed by atoms with Crippen LogP contribution >= 0.6 is 15.9 Å². The van der Waals surface area contributed by atoms with Crippen LogP contribution in [0, 0.1) is 0 Å². The Labute approximate surface area is 92.4 Å². The first-order valence-corrected chi connectivity index (χ1v) is 5.61. The molecule has 0 heterocycles. The normalized spacial score (nSPS) is 9.93. The Balaban J connectivity index is 3.11. The number of hydrogen-bond acceptors (Lipinski definition) is 2. The van der Waals surface area contributed by atoms with E-state index in [1.165, 1.54) is 12.7 Å². The van der Waals surface area contributed by atoms with Crippen LogP contribution in [0.5, 0.6) is 0 Å². The van der Waals surface area contributed by atoms with Crippen LogP contribution in [0.3, 0.4) is 0 Å². The highest BCUT2D eigenvalue weighted by Crippen LogP contribution is 2.15. The predicted octanol–water partition coefficient (Wildman–Crippen LogP) is 2.93. The van der Waals surface area contributed by atoms with Crippen LogP contribution < -0.4 is 0 Å². The minimum atomic E-state index is -0.261. The molecule has 0 saturated heterocycles. The fourth-order valence-corrected chi connectivity index (χ4v) is 1.68. The molecule has 0 aliphatic heterocycles. The molecule has 0 spiro atoms. The molecular formula is C11H13BrO2. The molecule has 0 N–H and O–H groups in total. The van der Waals surface area contributed by atoms with Crippen LogP contribution in [0.15, 0.2) is 18.2 Å². The van der Waals surface area contributed by atoms with Crippen molar-refractivity contribution in [2.45, 2.75) is 18.7 Å². The van der Waals surface area contributed by atoms with Crippen molar-refractivity contribution < 1.29 is 9.53 Å². The summed E-state index contributed by atoms with van der Waals surface area (Å²) < 4.78 is 4.70. The lowest BCUT2D eigenvalue weighted by atomic mass is 10.0. The standard InChI is InChI=1S/C11H13BrO2/c1-3-9-6-8(7-12)4-5-10(9)11(13)14-2/h4-6H,3,7H2,1-2H3. The molecule has 14 heavy (non-hydrogen) atoms. The van der Waals surface area contributed by atoms with Gasteiger partial charge in [-0.25, -0.2) is 4.79 Å². The molecule has 3 heteroatoms. The van der Waals surface area contributed by atoms with Gasteiger partial charge in [-0.15, -0.1) is 0 Å². The number of benzene rings is 1. The summed E-state index contributed by atoms with van der Waals surface area (Å²) in [5.74, 6) is -0.261. The summed E-state index contributed by atoms with van der Waals surface area (Å²) in [4.78, 5) is 11.4. The van der Waals surface area contributed by atoms with Crippen molar-refractivity contribution in [3.05, 3.63) is 34.9 Å². The minimum Gasteiger partial charge on any atom is -0.465 e. The molecule has 2 nitrogen and oxygen atoms in total. The second-order valence-corrected chi connectivity index (χ2v) is 3.53. The molecule has 0 atom stereocenters. The SMILES string of the molecule is CCc1cc(CBr)ccc1C(=O)OC. The highest BCUT2D eigenvalue weighted by atomic mass is 79.9. The zero-order chi connectivity index (χ0) is 10.6. The van der Waals surface area contributed by atoms with Gasteiger partial charge in [0.15, 0.2) is 0 Å². The Morgan fingerprint density at radius 1 is 1.50 bits per heavy atom. The molecule has 1 rings (SSSR count). The monoisotopic (exact) mass is 256 g/mol. The molecule has 0 amide bonds. The lowest BCUT2D eigenvalue weighted by Crippen LogP contribution is -2.05. The van der Waals surface area contributed by atoms with Crippen molar-refractivity contribution in [1.82, 2.24) is 0 Å². The van der Waals surface area contributed by atoms with E-state index in [0.29, 0.717) is 5.56 Å². The number of ether oxygens (including phenoxy) is 1. The molecule has 0 unspecified atom stereocenters. The van der Waals surface area contributed by atoms with E-state index in [1.807, 2.05) is 25.1 Å². The number of halogens is 1. The molecular weight excluding hydrogens is 244 g/mol. The first-order chi connectivity index (χ1) is 6.72. The fourth-order valence-electron chi connectivity index (χ4n) is 1.33. The van der Waals surface area contributed by atoms with Crippen LogP contribution in [-0.2, 0) is 16.5 Å². The highest BCUT2D eigenvalue weighted by Gasteiger charge is 2.10. The van der Waals surface area contributed by atoms with Crippen molar-refractivity contribution in [1.29, 1.82) is 0 Å². The minimum absolute atomic E-state index is 0.261. The summed E-state index contributed by atoms with van der Waals surface area (Å²) in [5.41, 5.74) is 2.88. The topological polar surface area (TPSA) is 26.3 Å². The van der Waals surface area contributed by atoms with Gasteiger partial charge in [-0.2, -0.15) is 0 Å². The zero-order valence-corrected chi connectivity index (χ0v) is 9.93. The van der Waals surface area contributed by atoms with E-state index in [9.17, 15) is 4.79 Å². The molecule has 1 aromatic rings. The van der Waals surface area contributed by atoms with Crippen molar-refractivity contribution in [3.8, 4) is 0 Å². The van der Waals surface area contributed by atoms with Gasteiger partial charge in [0, 0.05) is 5.33 Å². The number of esters is 1. The van der Waals surface area contributed by atoms with Crippen LogP contribution in [0.2, 0.25) is 0 Å². The van der Waals surface area contributed by atoms with E-state index in [4.69, 9.17) is 4.74 Å². The Morgan fingerprint density at radius 2 is 2.21 bits per heavy atom. The van der Waals surface area contributed by atoms with E-state index < -0.39 is 0 Å². The average Bonchev–Trinajstić information content (AvgIpc) is 2.27. The molecule has 0 aromatic heterocycles.